The predicted octanol–water partition coefficient (Wildman–Crippen LogP) is 4.88. The lowest BCUT2D eigenvalue weighted by atomic mass is 10.1. The molecule has 0 atom stereocenters. The van der Waals surface area contributed by atoms with E-state index in [0.29, 0.717) is 26.7 Å². The molecular formula is C14H9Cl2N3S. The number of thiazole rings is 1. The van der Waals surface area contributed by atoms with Gasteiger partial charge in [0.25, 0.3) is 0 Å². The molecule has 100 valence electrons. The molecule has 2 aromatic heterocycles. The van der Waals surface area contributed by atoms with Crippen molar-refractivity contribution in [1.82, 2.24) is 15.0 Å². The highest BCUT2D eigenvalue weighted by atomic mass is 35.5. The van der Waals surface area contributed by atoms with E-state index >= 15 is 0 Å². The van der Waals surface area contributed by atoms with Crippen LogP contribution in [0.15, 0.2) is 35.8 Å². The second-order valence-corrected chi connectivity index (χ2v) is 5.82. The maximum atomic E-state index is 6.28. The zero-order chi connectivity index (χ0) is 14.1. The summed E-state index contributed by atoms with van der Waals surface area (Å²) in [4.78, 5) is 12.8. The molecule has 0 bridgehead atoms. The molecule has 3 aromatic rings. The van der Waals surface area contributed by atoms with E-state index in [0.717, 1.165) is 11.1 Å². The lowest BCUT2D eigenvalue weighted by Gasteiger charge is -2.08. The fourth-order valence-electron chi connectivity index (χ4n) is 1.88. The van der Waals surface area contributed by atoms with Crippen molar-refractivity contribution in [2.24, 2.45) is 0 Å². The Hall–Kier alpha value is -1.49. The maximum absolute atomic E-state index is 6.28. The number of hydrogen-bond acceptors (Lipinski definition) is 4. The van der Waals surface area contributed by atoms with Gasteiger partial charge in [0.2, 0.25) is 0 Å². The summed E-state index contributed by atoms with van der Waals surface area (Å²) in [6, 6.07) is 7.90. The summed E-state index contributed by atoms with van der Waals surface area (Å²) >= 11 is 14.0. The number of aryl methyl sites for hydroxylation is 1. The summed E-state index contributed by atoms with van der Waals surface area (Å²) < 4.78 is 0. The summed E-state index contributed by atoms with van der Waals surface area (Å²) in [5.74, 6) is 0.450. The third kappa shape index (κ3) is 2.54. The molecule has 0 N–H and O–H groups in total. The minimum Gasteiger partial charge on any atom is -0.241 e. The second-order valence-electron chi connectivity index (χ2n) is 4.21. The predicted molar refractivity (Wildman–Crippen MR) is 83.3 cm³/mol. The van der Waals surface area contributed by atoms with Crippen molar-refractivity contribution in [2.75, 3.05) is 0 Å². The van der Waals surface area contributed by atoms with Crippen molar-refractivity contribution in [2.45, 2.75) is 6.92 Å². The highest BCUT2D eigenvalue weighted by Crippen LogP contribution is 2.34. The zero-order valence-electron chi connectivity index (χ0n) is 10.5. The van der Waals surface area contributed by atoms with E-state index in [9.17, 15) is 0 Å². The highest BCUT2D eigenvalue weighted by Gasteiger charge is 2.15. The Labute approximate surface area is 130 Å². The topological polar surface area (TPSA) is 38.7 Å². The lowest BCUT2D eigenvalue weighted by molar-refractivity contribution is 1.16. The smallest absolute Gasteiger partial charge is 0.191 e. The number of aromatic nitrogens is 3. The van der Waals surface area contributed by atoms with Crippen LogP contribution in [-0.4, -0.2) is 15.0 Å². The van der Waals surface area contributed by atoms with Crippen molar-refractivity contribution in [3.05, 3.63) is 51.7 Å². The molecule has 3 nitrogen and oxygen atoms in total. The number of nitrogens with zero attached hydrogens (tertiary/aromatic N) is 3. The van der Waals surface area contributed by atoms with Crippen LogP contribution in [0, 0.1) is 6.92 Å². The molecule has 0 aliphatic carbocycles. The van der Waals surface area contributed by atoms with Gasteiger partial charge in [0.05, 0.1) is 5.56 Å². The van der Waals surface area contributed by atoms with E-state index in [4.69, 9.17) is 23.2 Å². The first kappa shape index (κ1) is 13.5. The first-order valence-corrected chi connectivity index (χ1v) is 7.48. The van der Waals surface area contributed by atoms with Gasteiger partial charge >= 0.3 is 0 Å². The van der Waals surface area contributed by atoms with Crippen LogP contribution in [0.2, 0.25) is 10.3 Å². The van der Waals surface area contributed by atoms with Gasteiger partial charge in [-0.25, -0.2) is 15.0 Å². The summed E-state index contributed by atoms with van der Waals surface area (Å²) in [7, 11) is 0. The van der Waals surface area contributed by atoms with Crippen LogP contribution in [0.4, 0.5) is 0 Å². The number of benzene rings is 1. The van der Waals surface area contributed by atoms with Crippen LogP contribution in [0.3, 0.4) is 0 Å². The van der Waals surface area contributed by atoms with Crippen LogP contribution < -0.4 is 0 Å². The minimum atomic E-state index is 0.334. The molecule has 20 heavy (non-hydrogen) atoms. The normalized spacial score (nSPS) is 10.8. The average Bonchev–Trinajstić information content (AvgIpc) is 2.91. The molecule has 0 saturated carbocycles. The summed E-state index contributed by atoms with van der Waals surface area (Å²) in [5.41, 5.74) is 2.68. The van der Waals surface area contributed by atoms with Crippen LogP contribution in [0.25, 0.3) is 22.0 Å². The fourth-order valence-corrected chi connectivity index (χ4v) is 3.05. The Morgan fingerprint density at radius 1 is 1.10 bits per heavy atom. The molecule has 6 heteroatoms. The van der Waals surface area contributed by atoms with Gasteiger partial charge in [-0.2, -0.15) is 0 Å². The van der Waals surface area contributed by atoms with E-state index in [2.05, 4.69) is 15.0 Å². The van der Waals surface area contributed by atoms with Gasteiger partial charge in [-0.3, -0.25) is 0 Å². The maximum Gasteiger partial charge on any atom is 0.191 e. The molecule has 0 aliphatic rings. The summed E-state index contributed by atoms with van der Waals surface area (Å²) in [6.07, 6.45) is 1.69. The lowest BCUT2D eigenvalue weighted by Crippen LogP contribution is -1.94. The highest BCUT2D eigenvalue weighted by molar-refractivity contribution is 7.13. The molecule has 0 amide bonds. The third-order valence-electron chi connectivity index (χ3n) is 2.75. The van der Waals surface area contributed by atoms with Gasteiger partial charge in [-0.15, -0.1) is 11.3 Å². The van der Waals surface area contributed by atoms with Gasteiger partial charge in [0, 0.05) is 11.6 Å². The van der Waals surface area contributed by atoms with Crippen LogP contribution >= 0.6 is 34.5 Å². The van der Waals surface area contributed by atoms with E-state index in [1.54, 1.807) is 6.20 Å². The van der Waals surface area contributed by atoms with Gasteiger partial charge in [-0.1, -0.05) is 53.0 Å². The number of rotatable bonds is 2. The molecule has 0 unspecified atom stereocenters. The van der Waals surface area contributed by atoms with Crippen molar-refractivity contribution >= 4 is 34.5 Å². The second kappa shape index (κ2) is 5.48. The zero-order valence-corrected chi connectivity index (χ0v) is 12.8. The summed E-state index contributed by atoms with van der Waals surface area (Å²) in [5, 5.41) is 3.22. The van der Waals surface area contributed by atoms with Gasteiger partial charge in [0.1, 0.15) is 10.3 Å². The average molecular weight is 322 g/mol. The van der Waals surface area contributed by atoms with Crippen LogP contribution in [-0.2, 0) is 0 Å². The van der Waals surface area contributed by atoms with Crippen molar-refractivity contribution in [3.63, 3.8) is 0 Å². The molecular weight excluding hydrogens is 313 g/mol. The SMILES string of the molecule is Cc1cccc(-c2c(Cl)nc(-c3nccs3)nc2Cl)c1. The standard InChI is InChI=1S/C14H9Cl2N3S/c1-8-3-2-4-9(7-8)10-11(15)18-13(19-12(10)16)14-17-5-6-20-14/h2-7H,1H3. The molecule has 1 aromatic carbocycles. The van der Waals surface area contributed by atoms with Gasteiger partial charge in [0.15, 0.2) is 10.8 Å². The monoisotopic (exact) mass is 321 g/mol. The Morgan fingerprint density at radius 3 is 2.45 bits per heavy atom. The van der Waals surface area contributed by atoms with E-state index in [1.165, 1.54) is 11.3 Å². The molecule has 3 rings (SSSR count). The van der Waals surface area contributed by atoms with Crippen LogP contribution in [0.5, 0.6) is 0 Å². The summed E-state index contributed by atoms with van der Waals surface area (Å²) in [6.45, 7) is 2.01. The molecule has 0 fully saturated rings. The van der Waals surface area contributed by atoms with Crippen molar-refractivity contribution < 1.29 is 0 Å². The third-order valence-corrected chi connectivity index (χ3v) is 4.07. The van der Waals surface area contributed by atoms with Crippen LogP contribution in [0.1, 0.15) is 5.56 Å². The van der Waals surface area contributed by atoms with Gasteiger partial charge < -0.3 is 0 Å². The molecule has 0 spiro atoms. The number of halogens is 2. The molecule has 0 aliphatic heterocycles. The van der Waals surface area contributed by atoms with E-state index in [1.807, 2.05) is 36.6 Å². The van der Waals surface area contributed by atoms with E-state index in [-0.39, 0.29) is 0 Å². The Bertz CT molecular complexity index is 734. The molecule has 2 heterocycles. The Morgan fingerprint density at radius 2 is 1.85 bits per heavy atom. The number of hydrogen-bond donors (Lipinski definition) is 0. The minimum absolute atomic E-state index is 0.334. The van der Waals surface area contributed by atoms with Crippen molar-refractivity contribution in [1.29, 1.82) is 0 Å². The van der Waals surface area contributed by atoms with Gasteiger partial charge in [-0.05, 0) is 12.5 Å². The van der Waals surface area contributed by atoms with E-state index < -0.39 is 0 Å². The first-order chi connectivity index (χ1) is 9.65. The molecule has 0 radical (unpaired) electrons. The fraction of sp³-hybridized carbons (Fsp3) is 0.0714. The Balaban J connectivity index is 2.14. The van der Waals surface area contributed by atoms with Crippen molar-refractivity contribution in [3.8, 4) is 22.0 Å². The first-order valence-electron chi connectivity index (χ1n) is 5.85. The molecule has 0 saturated heterocycles. The largest absolute Gasteiger partial charge is 0.241 e. The quantitative estimate of drug-likeness (QED) is 0.631. The Kier molecular flexibility index (Phi) is 3.70.